The second-order valence-electron chi connectivity index (χ2n) is 3.28. The number of quaternary nitrogens is 1. The van der Waals surface area contributed by atoms with Gasteiger partial charge in [0.05, 0.1) is 6.42 Å². The van der Waals surface area contributed by atoms with Crippen LogP contribution >= 0.6 is 0 Å². The largest absolute Gasteiger partial charge is 0.217 e. The van der Waals surface area contributed by atoms with Crippen molar-refractivity contribution >= 4 is 0 Å². The Kier molecular flexibility index (Phi) is 2.92. The summed E-state index contributed by atoms with van der Waals surface area (Å²) in [5.74, 6) is 2.56. The fourth-order valence-corrected chi connectivity index (χ4v) is 1.60. The van der Waals surface area contributed by atoms with Gasteiger partial charge in [-0.1, -0.05) is 0 Å². The van der Waals surface area contributed by atoms with Gasteiger partial charge in [0, 0.05) is 0 Å². The van der Waals surface area contributed by atoms with Crippen LogP contribution in [0.3, 0.4) is 0 Å². The molecule has 1 saturated heterocycles. The van der Waals surface area contributed by atoms with E-state index in [2.05, 4.69) is 5.92 Å². The Balaban J connectivity index is 2.32. The molecule has 2 heteroatoms. The number of terminal acetylenes is 1. The monoisotopic (exact) mass is 154 g/mol. The summed E-state index contributed by atoms with van der Waals surface area (Å²) in [6.45, 7) is 2.51. The van der Waals surface area contributed by atoms with E-state index in [0.717, 1.165) is 32.5 Å². The first-order chi connectivity index (χ1) is 5.27. The van der Waals surface area contributed by atoms with Gasteiger partial charge < -0.3 is 0 Å². The molecular weight excluding hydrogens is 138 g/mol. The summed E-state index contributed by atoms with van der Waals surface area (Å²) in [7, 11) is 0. The molecular formula is C9H16NO+. The maximum atomic E-state index is 9.84. The lowest BCUT2D eigenvalue weighted by atomic mass is 10.1. The van der Waals surface area contributed by atoms with Gasteiger partial charge in [0.15, 0.2) is 0 Å². The highest BCUT2D eigenvalue weighted by Crippen LogP contribution is 2.15. The number of hydroxylamine groups is 3. The van der Waals surface area contributed by atoms with Gasteiger partial charge in [0.25, 0.3) is 0 Å². The lowest BCUT2D eigenvalue weighted by molar-refractivity contribution is -1.10. The molecule has 2 nitrogen and oxygen atoms in total. The van der Waals surface area contributed by atoms with Gasteiger partial charge in [-0.3, -0.25) is 0 Å². The summed E-state index contributed by atoms with van der Waals surface area (Å²) in [6.07, 6.45) is 9.36. The molecule has 0 amide bonds. The van der Waals surface area contributed by atoms with Crippen LogP contribution in [0.1, 0.15) is 25.7 Å². The van der Waals surface area contributed by atoms with Crippen LogP contribution in [-0.2, 0) is 0 Å². The minimum atomic E-state index is 0.212. The Morgan fingerprint density at radius 2 is 1.91 bits per heavy atom. The zero-order valence-electron chi connectivity index (χ0n) is 6.92. The average molecular weight is 154 g/mol. The van der Waals surface area contributed by atoms with Gasteiger partial charge in [-0.2, -0.15) is 4.65 Å². The van der Waals surface area contributed by atoms with Crippen LogP contribution in [0.2, 0.25) is 0 Å². The molecule has 1 aliphatic rings. The molecule has 0 spiro atoms. The summed E-state index contributed by atoms with van der Waals surface area (Å²) in [6, 6.07) is 0. The summed E-state index contributed by atoms with van der Waals surface area (Å²) >= 11 is 0. The quantitative estimate of drug-likeness (QED) is 0.471. The zero-order chi connectivity index (χ0) is 8.16. The number of piperidine rings is 1. The summed E-state index contributed by atoms with van der Waals surface area (Å²) in [5, 5.41) is 9.84. The van der Waals surface area contributed by atoms with Crippen LogP contribution in [0.15, 0.2) is 0 Å². The molecule has 1 fully saturated rings. The first-order valence-electron chi connectivity index (χ1n) is 4.29. The smallest absolute Gasteiger partial charge is 0.120 e. The van der Waals surface area contributed by atoms with Crippen molar-refractivity contribution in [3.63, 3.8) is 0 Å². The predicted octanol–water partition coefficient (Wildman–Crippen LogP) is 1.40. The van der Waals surface area contributed by atoms with Gasteiger partial charge in [-0.25, -0.2) is 5.21 Å². The normalized spacial score (nSPS) is 22.5. The molecule has 1 heterocycles. The third kappa shape index (κ3) is 2.53. The van der Waals surface area contributed by atoms with E-state index in [0.29, 0.717) is 6.42 Å². The molecule has 0 aromatic heterocycles. The van der Waals surface area contributed by atoms with Crippen molar-refractivity contribution < 1.29 is 9.85 Å². The molecule has 0 radical (unpaired) electrons. The molecule has 1 rings (SSSR count). The first-order valence-corrected chi connectivity index (χ1v) is 4.29. The predicted molar refractivity (Wildman–Crippen MR) is 43.9 cm³/mol. The Labute approximate surface area is 68.4 Å². The van der Waals surface area contributed by atoms with Crippen LogP contribution < -0.4 is 0 Å². The molecule has 0 aliphatic carbocycles. The molecule has 0 aromatic rings. The first kappa shape index (κ1) is 8.58. The minimum Gasteiger partial charge on any atom is -0.217 e. The lowest BCUT2D eigenvalue weighted by Crippen LogP contribution is -2.48. The van der Waals surface area contributed by atoms with Crippen LogP contribution in [0.25, 0.3) is 0 Å². The van der Waals surface area contributed by atoms with Crippen molar-refractivity contribution in [3.8, 4) is 12.3 Å². The topological polar surface area (TPSA) is 20.2 Å². The average Bonchev–Trinajstić information content (AvgIpc) is 2.03. The zero-order valence-corrected chi connectivity index (χ0v) is 6.92. The Morgan fingerprint density at radius 1 is 1.27 bits per heavy atom. The second kappa shape index (κ2) is 3.75. The van der Waals surface area contributed by atoms with E-state index < -0.39 is 0 Å². The Morgan fingerprint density at radius 3 is 2.45 bits per heavy atom. The molecule has 0 atom stereocenters. The van der Waals surface area contributed by atoms with Gasteiger partial charge in [-0.15, -0.1) is 12.3 Å². The van der Waals surface area contributed by atoms with Crippen molar-refractivity contribution in [2.45, 2.75) is 25.7 Å². The maximum Gasteiger partial charge on any atom is 0.120 e. The molecule has 0 bridgehead atoms. The van der Waals surface area contributed by atoms with E-state index in [4.69, 9.17) is 6.42 Å². The summed E-state index contributed by atoms with van der Waals surface area (Å²) in [5.41, 5.74) is 0. The fourth-order valence-electron chi connectivity index (χ4n) is 1.60. The Hall–Kier alpha value is -0.520. The van der Waals surface area contributed by atoms with Crippen LogP contribution in [0.5, 0.6) is 0 Å². The molecule has 0 unspecified atom stereocenters. The summed E-state index contributed by atoms with van der Waals surface area (Å²) < 4.78 is 0.212. The molecule has 0 saturated carbocycles. The molecule has 62 valence electrons. The van der Waals surface area contributed by atoms with Crippen LogP contribution in [0, 0.1) is 12.3 Å². The number of rotatable bonds is 2. The highest BCUT2D eigenvalue weighted by atomic mass is 16.5. The molecule has 1 aliphatic heterocycles. The number of hydrogen-bond donors (Lipinski definition) is 1. The minimum absolute atomic E-state index is 0.212. The van der Waals surface area contributed by atoms with E-state index in [-0.39, 0.29) is 4.65 Å². The van der Waals surface area contributed by atoms with Crippen LogP contribution in [-0.4, -0.2) is 29.5 Å². The van der Waals surface area contributed by atoms with E-state index in [1.165, 1.54) is 6.42 Å². The summed E-state index contributed by atoms with van der Waals surface area (Å²) in [4.78, 5) is 0. The van der Waals surface area contributed by atoms with Crippen molar-refractivity contribution in [1.82, 2.24) is 0 Å². The number of nitrogens with zero attached hydrogens (tertiary/aromatic N) is 1. The highest BCUT2D eigenvalue weighted by Gasteiger charge is 2.26. The molecule has 0 aromatic carbocycles. The number of likely N-dealkylation sites (tertiary alicyclic amines) is 1. The van der Waals surface area contributed by atoms with E-state index >= 15 is 0 Å². The highest BCUT2D eigenvalue weighted by molar-refractivity contribution is 4.82. The number of hydrogen-bond acceptors (Lipinski definition) is 1. The van der Waals surface area contributed by atoms with Gasteiger partial charge in [0.1, 0.15) is 19.6 Å². The fraction of sp³-hybridized carbons (Fsp3) is 0.778. The third-order valence-corrected chi connectivity index (χ3v) is 2.32. The molecule has 1 N–H and O–H groups in total. The molecule has 11 heavy (non-hydrogen) atoms. The third-order valence-electron chi connectivity index (χ3n) is 2.32. The van der Waals surface area contributed by atoms with Gasteiger partial charge in [-0.05, 0) is 19.3 Å². The van der Waals surface area contributed by atoms with Gasteiger partial charge >= 0.3 is 0 Å². The van der Waals surface area contributed by atoms with E-state index in [1.807, 2.05) is 0 Å². The Bertz CT molecular complexity index is 153. The van der Waals surface area contributed by atoms with Gasteiger partial charge in [0.2, 0.25) is 0 Å². The maximum absolute atomic E-state index is 9.84. The SMILES string of the molecule is C#CCC[N+]1(O)CCCCC1. The van der Waals surface area contributed by atoms with Crippen molar-refractivity contribution in [1.29, 1.82) is 0 Å². The second-order valence-corrected chi connectivity index (χ2v) is 3.28. The lowest BCUT2D eigenvalue weighted by Gasteiger charge is -2.32. The van der Waals surface area contributed by atoms with Crippen molar-refractivity contribution in [3.05, 3.63) is 0 Å². The van der Waals surface area contributed by atoms with Crippen molar-refractivity contribution in [2.75, 3.05) is 19.6 Å². The standard InChI is InChI=1S/C9H16NO/c1-2-3-7-10(11)8-5-4-6-9-10/h1,11H,3-9H2/q+1. The van der Waals surface area contributed by atoms with Crippen LogP contribution in [0.4, 0.5) is 0 Å². The van der Waals surface area contributed by atoms with E-state index in [9.17, 15) is 5.21 Å². The van der Waals surface area contributed by atoms with Crippen molar-refractivity contribution in [2.24, 2.45) is 0 Å². The van der Waals surface area contributed by atoms with E-state index in [1.54, 1.807) is 0 Å².